The van der Waals surface area contributed by atoms with Crippen molar-refractivity contribution in [3.63, 3.8) is 0 Å². The zero-order valence-electron chi connectivity index (χ0n) is 10.6. The molecule has 0 amide bonds. The number of aliphatic hydroxyl groups is 1. The lowest BCUT2D eigenvalue weighted by Crippen LogP contribution is -2.34. The van der Waals surface area contributed by atoms with Gasteiger partial charge in [-0.05, 0) is 19.1 Å². The van der Waals surface area contributed by atoms with Crippen LogP contribution in [-0.2, 0) is 10.0 Å². The maximum atomic E-state index is 13.6. The fourth-order valence-electron chi connectivity index (χ4n) is 1.65. The van der Waals surface area contributed by atoms with Gasteiger partial charge in [0.25, 0.3) is 0 Å². The van der Waals surface area contributed by atoms with E-state index in [9.17, 15) is 12.8 Å². The van der Waals surface area contributed by atoms with Crippen LogP contribution < -0.4 is 5.73 Å². The number of hydrogen-bond acceptors (Lipinski definition) is 4. The fraction of sp³-hybridized carbons (Fsp3) is 0.333. The van der Waals surface area contributed by atoms with E-state index in [0.29, 0.717) is 0 Å². The Bertz CT molecular complexity index is 573. The summed E-state index contributed by atoms with van der Waals surface area (Å²) in [6, 6.07) is 2.28. The first kappa shape index (κ1) is 15.6. The molecule has 106 valence electrons. The Morgan fingerprint density at radius 1 is 1.53 bits per heavy atom. The van der Waals surface area contributed by atoms with Crippen LogP contribution in [0.5, 0.6) is 0 Å². The summed E-state index contributed by atoms with van der Waals surface area (Å²) < 4.78 is 39.4. The van der Waals surface area contributed by atoms with Gasteiger partial charge in [0.2, 0.25) is 10.0 Å². The third-order valence-electron chi connectivity index (χ3n) is 2.62. The highest BCUT2D eigenvalue weighted by Gasteiger charge is 2.26. The molecule has 0 unspecified atom stereocenters. The molecule has 3 N–H and O–H groups in total. The molecule has 7 heteroatoms. The van der Waals surface area contributed by atoms with E-state index in [1.807, 2.05) is 0 Å². The predicted molar refractivity (Wildman–Crippen MR) is 71.6 cm³/mol. The number of nitrogens with two attached hydrogens (primary N) is 1. The van der Waals surface area contributed by atoms with E-state index in [1.165, 1.54) is 19.1 Å². The molecule has 1 rings (SSSR count). The number of anilines is 1. The van der Waals surface area contributed by atoms with Crippen LogP contribution in [0.3, 0.4) is 0 Å². The van der Waals surface area contributed by atoms with Gasteiger partial charge in [0.05, 0.1) is 11.5 Å². The second-order valence-electron chi connectivity index (χ2n) is 4.00. The molecule has 0 aliphatic heterocycles. The topological polar surface area (TPSA) is 83.6 Å². The number of sulfonamides is 1. The summed E-state index contributed by atoms with van der Waals surface area (Å²) in [6.45, 7) is 4.43. The second kappa shape index (κ2) is 6.14. The quantitative estimate of drug-likeness (QED) is 0.601. The van der Waals surface area contributed by atoms with Crippen LogP contribution in [0, 0.1) is 12.7 Å². The number of hydrogen-bond donors (Lipinski definition) is 2. The van der Waals surface area contributed by atoms with Crippen molar-refractivity contribution in [1.82, 2.24) is 4.31 Å². The molecule has 0 aromatic heterocycles. The lowest BCUT2D eigenvalue weighted by atomic mass is 10.2. The van der Waals surface area contributed by atoms with Gasteiger partial charge in [0.15, 0.2) is 0 Å². The van der Waals surface area contributed by atoms with Gasteiger partial charge >= 0.3 is 0 Å². The normalized spacial score (nSPS) is 11.8. The van der Waals surface area contributed by atoms with Crippen molar-refractivity contribution in [2.45, 2.75) is 11.8 Å². The van der Waals surface area contributed by atoms with Crippen LogP contribution in [0.25, 0.3) is 0 Å². The van der Waals surface area contributed by atoms with Crippen molar-refractivity contribution in [3.05, 3.63) is 36.2 Å². The number of rotatable bonds is 6. The van der Waals surface area contributed by atoms with Crippen LogP contribution in [-0.4, -0.2) is 37.5 Å². The van der Waals surface area contributed by atoms with Crippen LogP contribution in [0.15, 0.2) is 29.7 Å². The molecule has 19 heavy (non-hydrogen) atoms. The van der Waals surface area contributed by atoms with Gasteiger partial charge in [-0.1, -0.05) is 6.08 Å². The fourth-order valence-corrected chi connectivity index (χ4v) is 3.32. The Morgan fingerprint density at radius 3 is 2.68 bits per heavy atom. The standard InChI is InChI=1S/C12H17FN2O3S/c1-3-4-15(5-6-16)19(17,18)12-8-10(14)7-11(13)9(12)2/h3,7-8,16H,1,4-6,14H2,2H3. The zero-order chi connectivity index (χ0) is 14.6. The summed E-state index contributed by atoms with van der Waals surface area (Å²) >= 11 is 0. The minimum absolute atomic E-state index is 0.00111. The van der Waals surface area contributed by atoms with Gasteiger partial charge in [0.1, 0.15) is 5.82 Å². The van der Waals surface area contributed by atoms with E-state index >= 15 is 0 Å². The van der Waals surface area contributed by atoms with Gasteiger partial charge < -0.3 is 10.8 Å². The monoisotopic (exact) mass is 288 g/mol. The average molecular weight is 288 g/mol. The van der Waals surface area contributed by atoms with Crippen LogP contribution in [0.2, 0.25) is 0 Å². The van der Waals surface area contributed by atoms with E-state index < -0.39 is 15.8 Å². The van der Waals surface area contributed by atoms with Crippen molar-refractivity contribution >= 4 is 15.7 Å². The molecule has 0 atom stereocenters. The Morgan fingerprint density at radius 2 is 2.16 bits per heavy atom. The molecule has 1 aromatic rings. The lowest BCUT2D eigenvalue weighted by Gasteiger charge is -2.21. The summed E-state index contributed by atoms with van der Waals surface area (Å²) in [7, 11) is -3.92. The Labute approximate surface area is 112 Å². The van der Waals surface area contributed by atoms with Crippen molar-refractivity contribution in [1.29, 1.82) is 0 Å². The summed E-state index contributed by atoms with van der Waals surface area (Å²) in [5.41, 5.74) is 5.51. The third-order valence-corrected chi connectivity index (χ3v) is 4.61. The minimum atomic E-state index is -3.92. The number of benzene rings is 1. The van der Waals surface area contributed by atoms with Gasteiger partial charge in [0, 0.05) is 24.3 Å². The molecule has 1 aromatic carbocycles. The molecule has 0 bridgehead atoms. The van der Waals surface area contributed by atoms with Crippen molar-refractivity contribution in [2.75, 3.05) is 25.4 Å². The maximum Gasteiger partial charge on any atom is 0.243 e. The number of aliphatic hydroxyl groups excluding tert-OH is 1. The SMILES string of the molecule is C=CCN(CCO)S(=O)(=O)c1cc(N)cc(F)c1C. The van der Waals surface area contributed by atoms with E-state index in [2.05, 4.69) is 6.58 Å². The Kier molecular flexibility index (Phi) is 5.04. The molecule has 0 fully saturated rings. The lowest BCUT2D eigenvalue weighted by molar-refractivity contribution is 0.260. The molecule has 0 aliphatic carbocycles. The highest BCUT2D eigenvalue weighted by Crippen LogP contribution is 2.24. The third kappa shape index (κ3) is 3.31. The first-order chi connectivity index (χ1) is 8.84. The van der Waals surface area contributed by atoms with Crippen molar-refractivity contribution in [3.8, 4) is 0 Å². The summed E-state index contributed by atoms with van der Waals surface area (Å²) in [4.78, 5) is -0.194. The highest BCUT2D eigenvalue weighted by atomic mass is 32.2. The maximum absolute atomic E-state index is 13.6. The number of halogens is 1. The van der Waals surface area contributed by atoms with E-state index in [0.717, 1.165) is 10.4 Å². The Balaban J connectivity index is 3.36. The highest BCUT2D eigenvalue weighted by molar-refractivity contribution is 7.89. The molecule has 0 saturated carbocycles. The van der Waals surface area contributed by atoms with Gasteiger partial charge in [-0.15, -0.1) is 6.58 Å². The summed E-state index contributed by atoms with van der Waals surface area (Å²) in [5, 5.41) is 8.91. The van der Waals surface area contributed by atoms with Crippen molar-refractivity contribution < 1.29 is 17.9 Å². The largest absolute Gasteiger partial charge is 0.399 e. The van der Waals surface area contributed by atoms with Crippen molar-refractivity contribution in [2.24, 2.45) is 0 Å². The molecular weight excluding hydrogens is 271 g/mol. The zero-order valence-corrected chi connectivity index (χ0v) is 11.5. The molecule has 5 nitrogen and oxygen atoms in total. The minimum Gasteiger partial charge on any atom is -0.399 e. The summed E-state index contributed by atoms with van der Waals surface area (Å²) in [5.74, 6) is -0.680. The molecular formula is C12H17FN2O3S. The molecule has 0 spiro atoms. The molecule has 0 radical (unpaired) electrons. The average Bonchev–Trinajstić information content (AvgIpc) is 2.33. The Hall–Kier alpha value is -1.44. The second-order valence-corrected chi connectivity index (χ2v) is 5.91. The number of nitrogens with zero attached hydrogens (tertiary/aromatic N) is 1. The molecule has 0 heterocycles. The van der Waals surface area contributed by atoms with Crippen LogP contribution >= 0.6 is 0 Å². The first-order valence-electron chi connectivity index (χ1n) is 5.62. The van der Waals surface area contributed by atoms with Crippen LogP contribution in [0.4, 0.5) is 10.1 Å². The smallest absolute Gasteiger partial charge is 0.243 e. The van der Waals surface area contributed by atoms with E-state index in [4.69, 9.17) is 10.8 Å². The summed E-state index contributed by atoms with van der Waals surface area (Å²) in [6.07, 6.45) is 1.39. The predicted octanol–water partition coefficient (Wildman–Crippen LogP) is 0.885. The van der Waals surface area contributed by atoms with Crippen LogP contribution in [0.1, 0.15) is 5.56 Å². The van der Waals surface area contributed by atoms with Gasteiger partial charge in [-0.3, -0.25) is 0 Å². The van der Waals surface area contributed by atoms with E-state index in [1.54, 1.807) is 0 Å². The van der Waals surface area contributed by atoms with Gasteiger partial charge in [-0.25, -0.2) is 12.8 Å². The van der Waals surface area contributed by atoms with Gasteiger partial charge in [-0.2, -0.15) is 4.31 Å². The van der Waals surface area contributed by atoms with E-state index in [-0.39, 0.29) is 35.8 Å². The first-order valence-corrected chi connectivity index (χ1v) is 7.06. The number of nitrogen functional groups attached to an aromatic ring is 1. The molecule has 0 saturated heterocycles. The molecule has 0 aliphatic rings.